The number of nitrogens with zero attached hydrogens (tertiary/aromatic N) is 2. The van der Waals surface area contributed by atoms with E-state index in [0.717, 1.165) is 29.8 Å². The third kappa shape index (κ3) is 2.80. The molecule has 104 valence electrons. The van der Waals surface area contributed by atoms with Crippen molar-refractivity contribution in [1.82, 2.24) is 4.98 Å². The summed E-state index contributed by atoms with van der Waals surface area (Å²) in [5.41, 5.74) is 5.34. The molecule has 0 fully saturated rings. The lowest BCUT2D eigenvalue weighted by Gasteiger charge is -2.19. The van der Waals surface area contributed by atoms with Crippen molar-refractivity contribution in [1.29, 1.82) is 0 Å². The molecule has 0 amide bonds. The fourth-order valence-electron chi connectivity index (χ4n) is 2.13. The van der Waals surface area contributed by atoms with E-state index < -0.39 is 0 Å². The van der Waals surface area contributed by atoms with E-state index in [2.05, 4.69) is 15.5 Å². The van der Waals surface area contributed by atoms with E-state index in [9.17, 15) is 4.39 Å². The van der Waals surface area contributed by atoms with Crippen LogP contribution in [0.2, 0.25) is 0 Å². The Bertz CT molecular complexity index is 654. The lowest BCUT2D eigenvalue weighted by atomic mass is 10.0. The summed E-state index contributed by atoms with van der Waals surface area (Å²) in [4.78, 5) is 4.24. The zero-order valence-corrected chi connectivity index (χ0v) is 11.8. The lowest BCUT2D eigenvalue weighted by molar-refractivity contribution is 0.287. The van der Waals surface area contributed by atoms with Crippen molar-refractivity contribution in [3.05, 3.63) is 40.2 Å². The summed E-state index contributed by atoms with van der Waals surface area (Å²) in [6.07, 6.45) is 3.33. The SMILES string of the molecule is Cc1csc(NN=Cc2cc(F)cc3c2OCCC3)n1. The minimum absolute atomic E-state index is 0.263. The second-order valence-electron chi connectivity index (χ2n) is 4.60. The predicted molar refractivity (Wildman–Crippen MR) is 78.3 cm³/mol. The molecule has 0 aliphatic carbocycles. The Labute approximate surface area is 120 Å². The lowest BCUT2D eigenvalue weighted by Crippen LogP contribution is -2.11. The van der Waals surface area contributed by atoms with Gasteiger partial charge in [-0.3, -0.25) is 5.43 Å². The highest BCUT2D eigenvalue weighted by molar-refractivity contribution is 7.13. The normalized spacial score (nSPS) is 14.1. The van der Waals surface area contributed by atoms with Crippen LogP contribution in [0.3, 0.4) is 0 Å². The van der Waals surface area contributed by atoms with Gasteiger partial charge in [-0.15, -0.1) is 11.3 Å². The first-order valence-corrected chi connectivity index (χ1v) is 7.27. The van der Waals surface area contributed by atoms with Gasteiger partial charge in [-0.05, 0) is 37.5 Å². The largest absolute Gasteiger partial charge is 0.493 e. The monoisotopic (exact) mass is 291 g/mol. The van der Waals surface area contributed by atoms with Crippen LogP contribution in [0.4, 0.5) is 9.52 Å². The minimum atomic E-state index is -0.263. The number of hydrogen-bond donors (Lipinski definition) is 1. The summed E-state index contributed by atoms with van der Waals surface area (Å²) in [6, 6.07) is 2.96. The molecule has 2 heterocycles. The van der Waals surface area contributed by atoms with Crippen molar-refractivity contribution in [2.75, 3.05) is 12.0 Å². The highest BCUT2D eigenvalue weighted by atomic mass is 32.1. The molecule has 0 unspecified atom stereocenters. The van der Waals surface area contributed by atoms with Crippen LogP contribution in [0.25, 0.3) is 0 Å². The Balaban J connectivity index is 1.81. The van der Waals surface area contributed by atoms with Crippen molar-refractivity contribution >= 4 is 22.7 Å². The summed E-state index contributed by atoms with van der Waals surface area (Å²) in [6.45, 7) is 2.58. The maximum Gasteiger partial charge on any atom is 0.203 e. The van der Waals surface area contributed by atoms with Crippen LogP contribution in [-0.2, 0) is 6.42 Å². The van der Waals surface area contributed by atoms with Gasteiger partial charge in [-0.25, -0.2) is 9.37 Å². The topological polar surface area (TPSA) is 46.5 Å². The molecule has 1 N–H and O–H groups in total. The number of benzene rings is 1. The van der Waals surface area contributed by atoms with Crippen molar-refractivity contribution in [2.24, 2.45) is 5.10 Å². The number of rotatable bonds is 3. The summed E-state index contributed by atoms with van der Waals surface area (Å²) >= 11 is 1.48. The molecule has 0 bridgehead atoms. The molecule has 1 aromatic carbocycles. The number of thiazole rings is 1. The Kier molecular flexibility index (Phi) is 3.64. The van der Waals surface area contributed by atoms with Gasteiger partial charge in [0.25, 0.3) is 0 Å². The highest BCUT2D eigenvalue weighted by Crippen LogP contribution is 2.29. The molecular weight excluding hydrogens is 277 g/mol. The van der Waals surface area contributed by atoms with Gasteiger partial charge in [0.1, 0.15) is 11.6 Å². The fourth-order valence-corrected chi connectivity index (χ4v) is 2.77. The molecular formula is C14H14FN3OS. The van der Waals surface area contributed by atoms with E-state index in [1.807, 2.05) is 12.3 Å². The number of hydrazone groups is 1. The molecule has 0 radical (unpaired) electrons. The molecule has 1 aliphatic heterocycles. The van der Waals surface area contributed by atoms with E-state index in [4.69, 9.17) is 4.74 Å². The van der Waals surface area contributed by atoms with Gasteiger partial charge < -0.3 is 4.74 Å². The van der Waals surface area contributed by atoms with Crippen LogP contribution in [0.1, 0.15) is 23.2 Å². The Morgan fingerprint density at radius 2 is 2.40 bits per heavy atom. The molecule has 0 spiro atoms. The van der Waals surface area contributed by atoms with E-state index in [-0.39, 0.29) is 5.82 Å². The molecule has 0 saturated carbocycles. The summed E-state index contributed by atoms with van der Waals surface area (Å²) in [5, 5.41) is 6.75. The highest BCUT2D eigenvalue weighted by Gasteiger charge is 2.15. The Hall–Kier alpha value is -1.95. The molecule has 1 aromatic heterocycles. The number of aryl methyl sites for hydroxylation is 2. The third-order valence-corrected chi connectivity index (χ3v) is 3.84. The molecule has 20 heavy (non-hydrogen) atoms. The number of aromatic nitrogens is 1. The molecule has 2 aromatic rings. The first kappa shape index (κ1) is 13.1. The maximum absolute atomic E-state index is 13.6. The van der Waals surface area contributed by atoms with Crippen LogP contribution in [0.15, 0.2) is 22.6 Å². The van der Waals surface area contributed by atoms with Gasteiger partial charge in [-0.1, -0.05) is 0 Å². The van der Waals surface area contributed by atoms with E-state index in [1.54, 1.807) is 6.21 Å². The molecule has 0 atom stereocenters. The van der Waals surface area contributed by atoms with Crippen LogP contribution < -0.4 is 10.2 Å². The van der Waals surface area contributed by atoms with E-state index in [0.29, 0.717) is 17.3 Å². The van der Waals surface area contributed by atoms with Gasteiger partial charge in [0.2, 0.25) is 5.13 Å². The molecule has 6 heteroatoms. The Morgan fingerprint density at radius 1 is 1.50 bits per heavy atom. The van der Waals surface area contributed by atoms with Gasteiger partial charge in [-0.2, -0.15) is 5.10 Å². The maximum atomic E-state index is 13.6. The molecule has 1 aliphatic rings. The number of anilines is 1. The average molecular weight is 291 g/mol. The minimum Gasteiger partial charge on any atom is -0.493 e. The van der Waals surface area contributed by atoms with Crippen molar-refractivity contribution in [3.63, 3.8) is 0 Å². The van der Waals surface area contributed by atoms with E-state index in [1.165, 1.54) is 23.5 Å². The number of ether oxygens (including phenoxy) is 1. The Morgan fingerprint density at radius 3 is 3.20 bits per heavy atom. The number of fused-ring (bicyclic) bond motifs is 1. The quantitative estimate of drug-likeness (QED) is 0.696. The average Bonchev–Trinajstić information content (AvgIpc) is 2.84. The third-order valence-electron chi connectivity index (χ3n) is 2.98. The molecule has 4 nitrogen and oxygen atoms in total. The smallest absolute Gasteiger partial charge is 0.203 e. The van der Waals surface area contributed by atoms with Gasteiger partial charge in [0.05, 0.1) is 18.5 Å². The zero-order valence-electron chi connectivity index (χ0n) is 11.0. The van der Waals surface area contributed by atoms with E-state index >= 15 is 0 Å². The van der Waals surface area contributed by atoms with Crippen LogP contribution in [0, 0.1) is 12.7 Å². The molecule has 3 rings (SSSR count). The van der Waals surface area contributed by atoms with Crippen molar-refractivity contribution < 1.29 is 9.13 Å². The number of nitrogens with one attached hydrogen (secondary N) is 1. The first-order chi connectivity index (χ1) is 9.72. The zero-order chi connectivity index (χ0) is 13.9. The summed E-state index contributed by atoms with van der Waals surface area (Å²) < 4.78 is 19.2. The predicted octanol–water partition coefficient (Wildman–Crippen LogP) is 3.36. The second-order valence-corrected chi connectivity index (χ2v) is 5.46. The van der Waals surface area contributed by atoms with Crippen molar-refractivity contribution in [3.8, 4) is 5.75 Å². The van der Waals surface area contributed by atoms with Gasteiger partial charge >= 0.3 is 0 Å². The van der Waals surface area contributed by atoms with Gasteiger partial charge in [0.15, 0.2) is 0 Å². The number of halogens is 1. The summed E-state index contributed by atoms with van der Waals surface area (Å²) in [7, 11) is 0. The first-order valence-electron chi connectivity index (χ1n) is 6.39. The fraction of sp³-hybridized carbons (Fsp3) is 0.286. The van der Waals surface area contributed by atoms with Crippen LogP contribution >= 0.6 is 11.3 Å². The molecule has 0 saturated heterocycles. The number of hydrogen-bond acceptors (Lipinski definition) is 5. The second kappa shape index (κ2) is 5.58. The van der Waals surface area contributed by atoms with Gasteiger partial charge in [0, 0.05) is 10.9 Å². The van der Waals surface area contributed by atoms with Crippen LogP contribution in [0.5, 0.6) is 5.75 Å². The van der Waals surface area contributed by atoms with Crippen LogP contribution in [-0.4, -0.2) is 17.8 Å². The standard InChI is InChI=1S/C14H14FN3OS/c1-9-8-20-14(17-9)18-16-7-11-6-12(15)5-10-3-2-4-19-13(10)11/h5-8H,2-4H2,1H3,(H,17,18). The van der Waals surface area contributed by atoms with Crippen molar-refractivity contribution in [2.45, 2.75) is 19.8 Å². The summed E-state index contributed by atoms with van der Waals surface area (Å²) in [5.74, 6) is 0.472.